The van der Waals surface area contributed by atoms with Crippen LogP contribution in [0.2, 0.25) is 0 Å². The second kappa shape index (κ2) is 7.53. The Bertz CT molecular complexity index is 490. The lowest BCUT2D eigenvalue weighted by atomic mass is 9.96. The van der Waals surface area contributed by atoms with Crippen molar-refractivity contribution >= 4 is 23.1 Å². The first-order chi connectivity index (χ1) is 9.31. The topological polar surface area (TPSA) is 26.3 Å². The quantitative estimate of drug-likeness (QED) is 0.689. The Hall–Kier alpha value is -1.22. The first-order valence-corrected chi connectivity index (χ1v) is 7.56. The van der Waals surface area contributed by atoms with Gasteiger partial charge in [0, 0.05) is 12.8 Å². The number of benzene rings is 1. The van der Waals surface area contributed by atoms with E-state index in [9.17, 15) is 4.79 Å². The summed E-state index contributed by atoms with van der Waals surface area (Å²) in [6.07, 6.45) is 0.952. The Morgan fingerprint density at radius 1 is 1.15 bits per heavy atom. The molecule has 0 heterocycles. The fourth-order valence-electron chi connectivity index (χ4n) is 1.93. The third kappa shape index (κ3) is 5.04. The minimum absolute atomic E-state index is 0.135. The smallest absolute Gasteiger partial charge is 0.167 e. The molecule has 0 saturated heterocycles. The summed E-state index contributed by atoms with van der Waals surface area (Å²) >= 11 is 5.24. The van der Waals surface area contributed by atoms with E-state index in [-0.39, 0.29) is 5.78 Å². The van der Waals surface area contributed by atoms with Crippen LogP contribution >= 0.6 is 12.2 Å². The molecule has 0 bridgehead atoms. The molecule has 0 saturated carbocycles. The van der Waals surface area contributed by atoms with Crippen LogP contribution < -0.4 is 4.74 Å². The van der Waals surface area contributed by atoms with Gasteiger partial charge in [0.15, 0.2) is 5.05 Å². The van der Waals surface area contributed by atoms with E-state index in [1.165, 1.54) is 5.56 Å². The molecule has 1 aromatic rings. The van der Waals surface area contributed by atoms with Gasteiger partial charge < -0.3 is 9.53 Å². The van der Waals surface area contributed by atoms with Crippen molar-refractivity contribution in [1.29, 1.82) is 0 Å². The van der Waals surface area contributed by atoms with E-state index in [4.69, 9.17) is 17.0 Å². The van der Waals surface area contributed by atoms with E-state index in [2.05, 4.69) is 45.9 Å². The van der Waals surface area contributed by atoms with Gasteiger partial charge in [0.1, 0.15) is 11.5 Å². The third-order valence-electron chi connectivity index (χ3n) is 3.23. The normalized spacial score (nSPS) is 10.9. The van der Waals surface area contributed by atoms with Crippen LogP contribution in [-0.2, 0) is 4.79 Å². The standard InChI is InChI=1S/C17H24O2S/c1-11(2)14-7-8-15(12(3)4)16(10-14)19-17(20)9-6-13(5)18/h7-8,10-12H,6,9H2,1-5H3. The zero-order chi connectivity index (χ0) is 15.3. The van der Waals surface area contributed by atoms with Crippen molar-refractivity contribution in [2.45, 2.75) is 59.3 Å². The summed E-state index contributed by atoms with van der Waals surface area (Å²) in [6.45, 7) is 10.2. The molecule has 1 rings (SSSR count). The Morgan fingerprint density at radius 2 is 1.80 bits per heavy atom. The Balaban J connectivity index is 2.92. The van der Waals surface area contributed by atoms with Crippen LogP contribution in [-0.4, -0.2) is 10.8 Å². The third-order valence-corrected chi connectivity index (χ3v) is 3.52. The van der Waals surface area contributed by atoms with Crippen molar-refractivity contribution in [2.24, 2.45) is 0 Å². The molecule has 0 amide bonds. The fourth-order valence-corrected chi connectivity index (χ4v) is 2.12. The van der Waals surface area contributed by atoms with Gasteiger partial charge in [-0.05, 0) is 48.2 Å². The summed E-state index contributed by atoms with van der Waals surface area (Å²) in [4.78, 5) is 11.0. The molecule has 0 radical (unpaired) electrons. The molecule has 0 N–H and O–H groups in total. The van der Waals surface area contributed by atoms with E-state index in [1.54, 1.807) is 6.92 Å². The minimum atomic E-state index is 0.135. The van der Waals surface area contributed by atoms with Crippen LogP contribution in [0, 0.1) is 0 Å². The predicted molar refractivity (Wildman–Crippen MR) is 87.8 cm³/mol. The number of ether oxygens (including phenoxy) is 1. The molecule has 1 aromatic carbocycles. The molecule has 0 spiro atoms. The second-order valence-corrected chi connectivity index (χ2v) is 6.24. The summed E-state index contributed by atoms with van der Waals surface area (Å²) in [5.74, 6) is 1.79. The van der Waals surface area contributed by atoms with Gasteiger partial charge in [0.05, 0.1) is 0 Å². The maximum atomic E-state index is 11.0. The van der Waals surface area contributed by atoms with E-state index >= 15 is 0 Å². The molecule has 3 heteroatoms. The highest BCUT2D eigenvalue weighted by Gasteiger charge is 2.12. The molecular formula is C17H24O2S. The molecule has 0 fully saturated rings. The van der Waals surface area contributed by atoms with Gasteiger partial charge in [-0.3, -0.25) is 0 Å². The number of rotatable bonds is 6. The summed E-state index contributed by atoms with van der Waals surface area (Å²) in [7, 11) is 0. The number of carbonyl (C=O) groups excluding carboxylic acids is 1. The second-order valence-electron chi connectivity index (χ2n) is 5.78. The van der Waals surface area contributed by atoms with Crippen LogP contribution in [0.25, 0.3) is 0 Å². The Kier molecular flexibility index (Phi) is 6.34. The summed E-state index contributed by atoms with van der Waals surface area (Å²) in [5.41, 5.74) is 2.39. The van der Waals surface area contributed by atoms with Crippen molar-refractivity contribution in [3.63, 3.8) is 0 Å². The molecule has 0 unspecified atom stereocenters. The lowest BCUT2D eigenvalue weighted by molar-refractivity contribution is -0.116. The van der Waals surface area contributed by atoms with Crippen molar-refractivity contribution in [1.82, 2.24) is 0 Å². The summed E-state index contributed by atoms with van der Waals surface area (Å²) in [6, 6.07) is 6.33. The van der Waals surface area contributed by atoms with E-state index in [1.807, 2.05) is 0 Å². The highest BCUT2D eigenvalue weighted by molar-refractivity contribution is 7.80. The first kappa shape index (κ1) is 16.8. The monoisotopic (exact) mass is 292 g/mol. The zero-order valence-corrected chi connectivity index (χ0v) is 13.8. The minimum Gasteiger partial charge on any atom is -0.450 e. The van der Waals surface area contributed by atoms with Crippen molar-refractivity contribution in [2.75, 3.05) is 0 Å². The maximum Gasteiger partial charge on any atom is 0.167 e. The van der Waals surface area contributed by atoms with Crippen LogP contribution in [0.15, 0.2) is 18.2 Å². The number of hydrogen-bond donors (Lipinski definition) is 0. The molecule has 0 aromatic heterocycles. The van der Waals surface area contributed by atoms with Gasteiger partial charge in [-0.2, -0.15) is 0 Å². The molecule has 110 valence electrons. The average Bonchev–Trinajstić information content (AvgIpc) is 2.35. The van der Waals surface area contributed by atoms with Gasteiger partial charge in [0.25, 0.3) is 0 Å². The number of Topliss-reactive ketones (excluding diaryl/α,β-unsaturated/α-hetero) is 1. The van der Waals surface area contributed by atoms with Gasteiger partial charge in [-0.25, -0.2) is 0 Å². The molecule has 20 heavy (non-hydrogen) atoms. The van der Waals surface area contributed by atoms with Crippen LogP contribution in [0.3, 0.4) is 0 Å². The number of carbonyl (C=O) groups is 1. The number of thiocarbonyl (C=S) groups is 1. The average molecular weight is 292 g/mol. The molecule has 0 aliphatic rings. The van der Waals surface area contributed by atoms with Crippen molar-refractivity contribution in [3.8, 4) is 5.75 Å². The molecule has 0 aliphatic heterocycles. The van der Waals surface area contributed by atoms with Gasteiger partial charge in [-0.15, -0.1) is 0 Å². The SMILES string of the molecule is CC(=O)CCC(=S)Oc1cc(C(C)C)ccc1C(C)C. The first-order valence-electron chi connectivity index (χ1n) is 7.15. The molecule has 0 aliphatic carbocycles. The lowest BCUT2D eigenvalue weighted by Crippen LogP contribution is -2.09. The molecule has 2 nitrogen and oxygen atoms in total. The largest absolute Gasteiger partial charge is 0.450 e. The van der Waals surface area contributed by atoms with E-state index < -0.39 is 0 Å². The lowest BCUT2D eigenvalue weighted by Gasteiger charge is -2.17. The van der Waals surface area contributed by atoms with Crippen molar-refractivity contribution < 1.29 is 9.53 Å². The van der Waals surface area contributed by atoms with Gasteiger partial charge in [-0.1, -0.05) is 39.8 Å². The Morgan fingerprint density at radius 3 is 2.30 bits per heavy atom. The maximum absolute atomic E-state index is 11.0. The van der Waals surface area contributed by atoms with E-state index in [0.717, 1.165) is 11.3 Å². The van der Waals surface area contributed by atoms with Crippen LogP contribution in [0.5, 0.6) is 5.75 Å². The highest BCUT2D eigenvalue weighted by Crippen LogP contribution is 2.30. The number of hydrogen-bond acceptors (Lipinski definition) is 3. The zero-order valence-electron chi connectivity index (χ0n) is 13.0. The van der Waals surface area contributed by atoms with Crippen LogP contribution in [0.4, 0.5) is 0 Å². The summed E-state index contributed by atoms with van der Waals surface area (Å²) in [5, 5.41) is 0.489. The highest BCUT2D eigenvalue weighted by atomic mass is 32.1. The number of ketones is 1. The van der Waals surface area contributed by atoms with Gasteiger partial charge >= 0.3 is 0 Å². The van der Waals surface area contributed by atoms with Gasteiger partial charge in [0.2, 0.25) is 0 Å². The fraction of sp³-hybridized carbons (Fsp3) is 0.529. The van der Waals surface area contributed by atoms with E-state index in [0.29, 0.717) is 29.7 Å². The predicted octanol–water partition coefficient (Wildman–Crippen LogP) is 5.01. The molecular weight excluding hydrogens is 268 g/mol. The molecule has 0 atom stereocenters. The Labute approximate surface area is 127 Å². The van der Waals surface area contributed by atoms with Crippen molar-refractivity contribution in [3.05, 3.63) is 29.3 Å². The summed E-state index contributed by atoms with van der Waals surface area (Å²) < 4.78 is 5.83. The van der Waals surface area contributed by atoms with Crippen LogP contribution in [0.1, 0.15) is 70.4 Å².